The van der Waals surface area contributed by atoms with Crippen molar-refractivity contribution in [3.63, 3.8) is 0 Å². The number of amides is 1. The van der Waals surface area contributed by atoms with Crippen molar-refractivity contribution in [1.82, 2.24) is 15.0 Å². The van der Waals surface area contributed by atoms with Crippen LogP contribution in [0.25, 0.3) is 0 Å². The Morgan fingerprint density at radius 1 is 0.816 bits per heavy atom. The second kappa shape index (κ2) is 11.0. The predicted molar refractivity (Wildman–Crippen MR) is 139 cm³/mol. The van der Waals surface area contributed by atoms with Gasteiger partial charge in [-0.15, -0.1) is 0 Å². The lowest BCUT2D eigenvalue weighted by molar-refractivity contribution is 0.102. The van der Waals surface area contributed by atoms with E-state index in [2.05, 4.69) is 30.4 Å². The lowest BCUT2D eigenvalue weighted by atomic mass is 10.1. The number of halogens is 2. The summed E-state index contributed by atoms with van der Waals surface area (Å²) in [5, 5.41) is 25.8. The highest BCUT2D eigenvalue weighted by Gasteiger charge is 2.22. The predicted octanol–water partition coefficient (Wildman–Crippen LogP) is 4.54. The molecular formula is C26H29F2N7O3. The number of hydrogen-bond donors (Lipinski definition) is 4. The van der Waals surface area contributed by atoms with Gasteiger partial charge in [0.15, 0.2) is 11.6 Å². The number of phenolic OH excluding ortho intramolecular Hbond substituents is 2. The van der Waals surface area contributed by atoms with Gasteiger partial charge < -0.3 is 30.6 Å². The number of rotatable bonds is 6. The van der Waals surface area contributed by atoms with Crippen LogP contribution >= 0.6 is 0 Å². The van der Waals surface area contributed by atoms with Gasteiger partial charge in [0.05, 0.1) is 11.3 Å². The number of aromatic hydroxyl groups is 2. The van der Waals surface area contributed by atoms with Crippen molar-refractivity contribution in [2.45, 2.75) is 38.5 Å². The first-order chi connectivity index (χ1) is 18.4. The number of aromatic nitrogens is 3. The van der Waals surface area contributed by atoms with E-state index in [1.54, 1.807) is 6.07 Å². The monoisotopic (exact) mass is 525 g/mol. The summed E-state index contributed by atoms with van der Waals surface area (Å²) < 4.78 is 26.9. The third-order valence-electron chi connectivity index (χ3n) is 6.71. The number of benzene rings is 2. The average Bonchev–Trinajstić information content (AvgIpc) is 2.94. The highest BCUT2D eigenvalue weighted by atomic mass is 19.2. The number of piperidine rings is 2. The zero-order chi connectivity index (χ0) is 26.6. The molecule has 0 atom stereocenters. The molecule has 3 heterocycles. The SMILES string of the molecule is O=C(Nc1ccc(Nc2nc(N3CCCCC3)nc(N3CCCCC3)n2)cc1O)c1ccc(F)c(F)c1O. The second-order valence-electron chi connectivity index (χ2n) is 9.42. The Morgan fingerprint density at radius 3 is 2.00 bits per heavy atom. The van der Waals surface area contributed by atoms with Gasteiger partial charge in [0.2, 0.25) is 23.7 Å². The Hall–Kier alpha value is -4.22. The molecule has 5 rings (SSSR count). The normalized spacial score (nSPS) is 15.8. The van der Waals surface area contributed by atoms with Crippen molar-refractivity contribution in [2.24, 2.45) is 0 Å². The Balaban J connectivity index is 1.36. The zero-order valence-corrected chi connectivity index (χ0v) is 20.8. The summed E-state index contributed by atoms with van der Waals surface area (Å²) in [6, 6.07) is 6.11. The summed E-state index contributed by atoms with van der Waals surface area (Å²) in [4.78, 5) is 30.8. The van der Waals surface area contributed by atoms with Crippen LogP contribution in [-0.4, -0.2) is 57.3 Å². The zero-order valence-electron chi connectivity index (χ0n) is 20.8. The maximum Gasteiger partial charge on any atom is 0.259 e. The van der Waals surface area contributed by atoms with Crippen molar-refractivity contribution in [1.29, 1.82) is 0 Å². The maximum atomic E-state index is 13.6. The van der Waals surface area contributed by atoms with Crippen LogP contribution in [0.3, 0.4) is 0 Å². The largest absolute Gasteiger partial charge is 0.506 e. The Bertz CT molecular complexity index is 1290. The quantitative estimate of drug-likeness (QED) is 0.343. The van der Waals surface area contributed by atoms with E-state index >= 15 is 0 Å². The highest BCUT2D eigenvalue weighted by molar-refractivity contribution is 6.06. The van der Waals surface area contributed by atoms with E-state index in [1.807, 2.05) is 0 Å². The molecule has 0 unspecified atom stereocenters. The fraction of sp³-hybridized carbons (Fsp3) is 0.385. The van der Waals surface area contributed by atoms with Crippen LogP contribution in [0.5, 0.6) is 11.5 Å². The molecule has 1 amide bonds. The lowest BCUT2D eigenvalue weighted by Gasteiger charge is -2.30. The molecule has 2 aliphatic heterocycles. The van der Waals surface area contributed by atoms with Gasteiger partial charge in [-0.1, -0.05) is 0 Å². The standard InChI is InChI=1S/C26H29F2N7O3/c27-18-9-8-17(22(37)21(18)28)23(38)30-19-10-7-16(15-20(19)36)29-24-31-25(34-11-3-1-4-12-34)33-26(32-24)35-13-5-2-6-14-35/h7-10,15,36-37H,1-6,11-14H2,(H,30,38)(H,29,31,32,33). The van der Waals surface area contributed by atoms with E-state index in [0.717, 1.165) is 64.0 Å². The van der Waals surface area contributed by atoms with Crippen LogP contribution in [0.2, 0.25) is 0 Å². The van der Waals surface area contributed by atoms with Gasteiger partial charge in [-0.3, -0.25) is 4.79 Å². The molecule has 0 bridgehead atoms. The molecule has 0 aliphatic carbocycles. The first-order valence-electron chi connectivity index (χ1n) is 12.7. The molecule has 3 aromatic rings. The minimum Gasteiger partial charge on any atom is -0.506 e. The van der Waals surface area contributed by atoms with Crippen molar-refractivity contribution in [3.05, 3.63) is 47.5 Å². The maximum absolute atomic E-state index is 13.6. The van der Waals surface area contributed by atoms with Crippen LogP contribution in [0.15, 0.2) is 30.3 Å². The molecular weight excluding hydrogens is 496 g/mol. The van der Waals surface area contributed by atoms with Gasteiger partial charge in [-0.2, -0.15) is 19.3 Å². The Kier molecular flexibility index (Phi) is 7.38. The van der Waals surface area contributed by atoms with Crippen molar-refractivity contribution < 1.29 is 23.8 Å². The number of carbonyl (C=O) groups is 1. The molecule has 2 aliphatic rings. The van der Waals surface area contributed by atoms with E-state index < -0.39 is 28.9 Å². The molecule has 38 heavy (non-hydrogen) atoms. The van der Waals surface area contributed by atoms with Gasteiger partial charge in [0.1, 0.15) is 5.75 Å². The minimum absolute atomic E-state index is 0.0170. The van der Waals surface area contributed by atoms with Crippen LogP contribution in [0.4, 0.5) is 38.0 Å². The van der Waals surface area contributed by atoms with E-state index in [0.29, 0.717) is 23.5 Å². The molecule has 2 aromatic carbocycles. The molecule has 200 valence electrons. The number of nitrogens with zero attached hydrogens (tertiary/aromatic N) is 5. The average molecular weight is 526 g/mol. The molecule has 2 fully saturated rings. The van der Waals surface area contributed by atoms with E-state index in [4.69, 9.17) is 4.98 Å². The molecule has 0 spiro atoms. The molecule has 0 saturated carbocycles. The Morgan fingerprint density at radius 2 is 1.42 bits per heavy atom. The van der Waals surface area contributed by atoms with Crippen LogP contribution in [0.1, 0.15) is 48.9 Å². The van der Waals surface area contributed by atoms with Crippen LogP contribution < -0.4 is 20.4 Å². The number of phenols is 2. The third kappa shape index (κ3) is 5.53. The number of nitrogens with one attached hydrogen (secondary N) is 2. The van der Waals surface area contributed by atoms with E-state index in [-0.39, 0.29) is 11.4 Å². The summed E-state index contributed by atoms with van der Waals surface area (Å²) in [6.45, 7) is 3.52. The molecule has 4 N–H and O–H groups in total. The number of carbonyl (C=O) groups excluding carboxylic acids is 1. The molecule has 10 nitrogen and oxygen atoms in total. The number of hydrogen-bond acceptors (Lipinski definition) is 9. The van der Waals surface area contributed by atoms with E-state index in [1.165, 1.54) is 25.0 Å². The summed E-state index contributed by atoms with van der Waals surface area (Å²) in [6.07, 6.45) is 6.69. The van der Waals surface area contributed by atoms with Crippen molar-refractivity contribution in [2.75, 3.05) is 46.6 Å². The smallest absolute Gasteiger partial charge is 0.259 e. The summed E-state index contributed by atoms with van der Waals surface area (Å²) in [5.41, 5.74) is 0.0195. The summed E-state index contributed by atoms with van der Waals surface area (Å²) >= 11 is 0. The molecule has 1 aromatic heterocycles. The van der Waals surface area contributed by atoms with Gasteiger partial charge in [-0.25, -0.2) is 4.39 Å². The highest BCUT2D eigenvalue weighted by Crippen LogP contribution is 2.31. The third-order valence-corrected chi connectivity index (χ3v) is 6.71. The first-order valence-corrected chi connectivity index (χ1v) is 12.7. The van der Waals surface area contributed by atoms with Gasteiger partial charge in [0, 0.05) is 37.9 Å². The van der Waals surface area contributed by atoms with Crippen LogP contribution in [-0.2, 0) is 0 Å². The van der Waals surface area contributed by atoms with Gasteiger partial charge in [-0.05, 0) is 62.8 Å². The fourth-order valence-corrected chi connectivity index (χ4v) is 4.64. The minimum atomic E-state index is -1.52. The van der Waals surface area contributed by atoms with Crippen LogP contribution in [0, 0.1) is 11.6 Å². The van der Waals surface area contributed by atoms with Gasteiger partial charge in [0.25, 0.3) is 5.91 Å². The molecule has 12 heteroatoms. The molecule has 2 saturated heterocycles. The first kappa shape index (κ1) is 25.4. The van der Waals surface area contributed by atoms with Crippen molar-refractivity contribution >= 4 is 35.1 Å². The fourth-order valence-electron chi connectivity index (χ4n) is 4.64. The molecule has 0 radical (unpaired) electrons. The van der Waals surface area contributed by atoms with E-state index in [9.17, 15) is 23.8 Å². The topological polar surface area (TPSA) is 127 Å². The number of anilines is 5. The summed E-state index contributed by atoms with van der Waals surface area (Å²) in [7, 11) is 0. The lowest BCUT2D eigenvalue weighted by Crippen LogP contribution is -2.34. The van der Waals surface area contributed by atoms with Gasteiger partial charge >= 0.3 is 0 Å². The Labute approximate surface area is 218 Å². The second-order valence-corrected chi connectivity index (χ2v) is 9.42. The van der Waals surface area contributed by atoms with Crippen molar-refractivity contribution in [3.8, 4) is 11.5 Å². The summed E-state index contributed by atoms with van der Waals surface area (Å²) in [5.74, 6) is -3.54.